The standard InChI is InChI=1S/C25H24FN3O2/c26-21-8-6-18(7-9-21)15-29-25(30)27-13-12-20-16-28-24-14-22(10-11-23(20)24)31-17-19-4-2-1-3-5-19/h1-11,14,16,28H,12-13,15,17H2,(H2,27,29,30). The second-order valence-electron chi connectivity index (χ2n) is 7.28. The summed E-state index contributed by atoms with van der Waals surface area (Å²) in [6, 6.07) is 21.9. The summed E-state index contributed by atoms with van der Waals surface area (Å²) in [7, 11) is 0. The van der Waals surface area contributed by atoms with Crippen molar-refractivity contribution < 1.29 is 13.9 Å². The molecule has 0 spiro atoms. The average molecular weight is 417 g/mol. The third kappa shape index (κ3) is 5.63. The number of carbonyl (C=O) groups excluding carboxylic acids is 1. The van der Waals surface area contributed by atoms with Crippen LogP contribution in [0.2, 0.25) is 0 Å². The lowest BCUT2D eigenvalue weighted by atomic mass is 10.1. The van der Waals surface area contributed by atoms with Gasteiger partial charge in [0.1, 0.15) is 18.2 Å². The van der Waals surface area contributed by atoms with Gasteiger partial charge in [-0.25, -0.2) is 9.18 Å². The number of aromatic nitrogens is 1. The Morgan fingerprint density at radius 1 is 0.935 bits per heavy atom. The number of hydrogen-bond donors (Lipinski definition) is 3. The van der Waals surface area contributed by atoms with Crippen LogP contribution in [0.25, 0.3) is 10.9 Å². The first-order chi connectivity index (χ1) is 15.2. The highest BCUT2D eigenvalue weighted by molar-refractivity contribution is 5.84. The summed E-state index contributed by atoms with van der Waals surface area (Å²) in [6.07, 6.45) is 2.66. The van der Waals surface area contributed by atoms with E-state index in [0.29, 0.717) is 26.1 Å². The molecular formula is C25H24FN3O2. The van der Waals surface area contributed by atoms with E-state index in [4.69, 9.17) is 4.74 Å². The maximum Gasteiger partial charge on any atom is 0.315 e. The van der Waals surface area contributed by atoms with Crippen LogP contribution in [0.4, 0.5) is 9.18 Å². The van der Waals surface area contributed by atoms with Crippen LogP contribution >= 0.6 is 0 Å². The van der Waals surface area contributed by atoms with Gasteiger partial charge in [-0.05, 0) is 47.4 Å². The third-order valence-corrected chi connectivity index (χ3v) is 5.03. The summed E-state index contributed by atoms with van der Waals surface area (Å²) >= 11 is 0. The monoisotopic (exact) mass is 417 g/mol. The van der Waals surface area contributed by atoms with Crippen LogP contribution < -0.4 is 15.4 Å². The van der Waals surface area contributed by atoms with Crippen LogP contribution in [-0.2, 0) is 19.6 Å². The van der Waals surface area contributed by atoms with E-state index >= 15 is 0 Å². The van der Waals surface area contributed by atoms with E-state index in [0.717, 1.165) is 33.3 Å². The van der Waals surface area contributed by atoms with Gasteiger partial charge in [-0.15, -0.1) is 0 Å². The van der Waals surface area contributed by atoms with E-state index < -0.39 is 0 Å². The van der Waals surface area contributed by atoms with E-state index in [-0.39, 0.29) is 11.8 Å². The van der Waals surface area contributed by atoms with Gasteiger partial charge in [-0.2, -0.15) is 0 Å². The average Bonchev–Trinajstić information content (AvgIpc) is 3.20. The van der Waals surface area contributed by atoms with Gasteiger partial charge in [0.05, 0.1) is 0 Å². The lowest BCUT2D eigenvalue weighted by Crippen LogP contribution is -2.36. The Hall–Kier alpha value is -3.80. The summed E-state index contributed by atoms with van der Waals surface area (Å²) in [5.74, 6) is 0.518. The third-order valence-electron chi connectivity index (χ3n) is 5.03. The normalized spacial score (nSPS) is 10.7. The molecule has 5 nitrogen and oxygen atoms in total. The topological polar surface area (TPSA) is 66.2 Å². The molecule has 0 unspecified atom stereocenters. The number of nitrogens with one attached hydrogen (secondary N) is 3. The Balaban J connectivity index is 1.25. The van der Waals surface area contributed by atoms with Crippen LogP contribution in [0.1, 0.15) is 16.7 Å². The summed E-state index contributed by atoms with van der Waals surface area (Å²) in [5.41, 5.74) is 4.10. The predicted octanol–water partition coefficient (Wildman–Crippen LogP) is 4.93. The minimum absolute atomic E-state index is 0.249. The molecule has 0 saturated heterocycles. The second-order valence-corrected chi connectivity index (χ2v) is 7.28. The molecule has 3 aromatic carbocycles. The second kappa shape index (κ2) is 9.80. The molecule has 0 aliphatic heterocycles. The molecule has 3 N–H and O–H groups in total. The number of benzene rings is 3. The molecule has 4 rings (SSSR count). The zero-order chi connectivity index (χ0) is 21.5. The molecule has 1 aromatic heterocycles. The Kier molecular flexibility index (Phi) is 6.47. The number of amides is 2. The fourth-order valence-electron chi connectivity index (χ4n) is 3.36. The number of urea groups is 1. The van der Waals surface area contributed by atoms with E-state index in [1.165, 1.54) is 12.1 Å². The highest BCUT2D eigenvalue weighted by atomic mass is 19.1. The number of carbonyl (C=O) groups is 1. The first kappa shape index (κ1) is 20.5. The molecule has 6 heteroatoms. The van der Waals surface area contributed by atoms with E-state index in [2.05, 4.69) is 15.6 Å². The summed E-state index contributed by atoms with van der Waals surface area (Å²) in [4.78, 5) is 15.3. The van der Waals surface area contributed by atoms with Gasteiger partial charge < -0.3 is 20.4 Å². The van der Waals surface area contributed by atoms with Gasteiger partial charge in [-0.3, -0.25) is 0 Å². The van der Waals surface area contributed by atoms with Crippen molar-refractivity contribution in [2.45, 2.75) is 19.6 Å². The van der Waals surface area contributed by atoms with Crippen LogP contribution in [0.15, 0.2) is 79.0 Å². The van der Waals surface area contributed by atoms with Crippen LogP contribution in [0, 0.1) is 5.82 Å². The van der Waals surface area contributed by atoms with Gasteiger partial charge in [0, 0.05) is 36.3 Å². The summed E-state index contributed by atoms with van der Waals surface area (Å²) < 4.78 is 18.8. The molecule has 4 aromatic rings. The molecule has 0 aliphatic rings. The summed E-state index contributed by atoms with van der Waals surface area (Å²) in [5, 5.41) is 6.74. The number of rotatable bonds is 8. The van der Waals surface area contributed by atoms with Crippen molar-refractivity contribution in [2.24, 2.45) is 0 Å². The van der Waals surface area contributed by atoms with Crippen LogP contribution in [0.5, 0.6) is 5.75 Å². The van der Waals surface area contributed by atoms with Crippen molar-refractivity contribution in [2.75, 3.05) is 6.54 Å². The van der Waals surface area contributed by atoms with Crippen LogP contribution in [-0.4, -0.2) is 17.6 Å². The Morgan fingerprint density at radius 2 is 1.74 bits per heavy atom. The predicted molar refractivity (Wildman–Crippen MR) is 119 cm³/mol. The molecule has 1 heterocycles. The first-order valence-electron chi connectivity index (χ1n) is 10.2. The van der Waals surface area contributed by atoms with E-state index in [1.54, 1.807) is 12.1 Å². The number of ether oxygens (including phenoxy) is 1. The first-order valence-corrected chi connectivity index (χ1v) is 10.2. The minimum Gasteiger partial charge on any atom is -0.489 e. The van der Waals surface area contributed by atoms with Gasteiger partial charge in [-0.1, -0.05) is 42.5 Å². The van der Waals surface area contributed by atoms with Crippen molar-refractivity contribution >= 4 is 16.9 Å². The Labute approximate surface area is 180 Å². The zero-order valence-electron chi connectivity index (χ0n) is 17.0. The van der Waals surface area contributed by atoms with Crippen molar-refractivity contribution in [1.82, 2.24) is 15.6 Å². The smallest absolute Gasteiger partial charge is 0.315 e. The maximum atomic E-state index is 12.9. The van der Waals surface area contributed by atoms with Crippen molar-refractivity contribution in [3.63, 3.8) is 0 Å². The number of H-pyrrole nitrogens is 1. The molecule has 2 amide bonds. The molecule has 31 heavy (non-hydrogen) atoms. The summed E-state index contributed by atoms with van der Waals surface area (Å²) in [6.45, 7) is 1.39. The van der Waals surface area contributed by atoms with Crippen molar-refractivity contribution in [1.29, 1.82) is 0 Å². The molecule has 0 saturated carbocycles. The van der Waals surface area contributed by atoms with E-state index in [9.17, 15) is 9.18 Å². The number of aromatic amines is 1. The maximum absolute atomic E-state index is 12.9. The molecular weight excluding hydrogens is 393 g/mol. The molecule has 0 radical (unpaired) electrons. The molecule has 0 bridgehead atoms. The van der Waals surface area contributed by atoms with Crippen LogP contribution in [0.3, 0.4) is 0 Å². The molecule has 158 valence electrons. The van der Waals surface area contributed by atoms with Gasteiger partial charge in [0.15, 0.2) is 0 Å². The number of hydrogen-bond acceptors (Lipinski definition) is 2. The van der Waals surface area contributed by atoms with Crippen molar-refractivity contribution in [3.05, 3.63) is 102 Å². The SMILES string of the molecule is O=C(NCCc1c[nH]c2cc(OCc3ccccc3)ccc12)NCc1ccc(F)cc1. The molecule has 0 aliphatic carbocycles. The van der Waals surface area contributed by atoms with Gasteiger partial charge >= 0.3 is 6.03 Å². The van der Waals surface area contributed by atoms with E-state index in [1.807, 2.05) is 54.7 Å². The van der Waals surface area contributed by atoms with Gasteiger partial charge in [0.2, 0.25) is 0 Å². The molecule has 0 atom stereocenters. The Bertz CT molecular complexity index is 1140. The highest BCUT2D eigenvalue weighted by Gasteiger charge is 2.07. The fourth-order valence-corrected chi connectivity index (χ4v) is 3.36. The number of fused-ring (bicyclic) bond motifs is 1. The number of halogens is 1. The minimum atomic E-state index is -0.290. The van der Waals surface area contributed by atoms with Crippen molar-refractivity contribution in [3.8, 4) is 5.75 Å². The lowest BCUT2D eigenvalue weighted by molar-refractivity contribution is 0.240. The fraction of sp³-hybridized carbons (Fsp3) is 0.160. The highest BCUT2D eigenvalue weighted by Crippen LogP contribution is 2.24. The lowest BCUT2D eigenvalue weighted by Gasteiger charge is -2.08. The molecule has 0 fully saturated rings. The zero-order valence-corrected chi connectivity index (χ0v) is 17.0. The quantitative estimate of drug-likeness (QED) is 0.381. The largest absolute Gasteiger partial charge is 0.489 e. The Morgan fingerprint density at radius 3 is 2.55 bits per heavy atom. The van der Waals surface area contributed by atoms with Gasteiger partial charge in [0.25, 0.3) is 0 Å².